The number of rotatable bonds is 5. The molecule has 5 heteroatoms. The van der Waals surface area contributed by atoms with Gasteiger partial charge >= 0.3 is 0 Å². The van der Waals surface area contributed by atoms with Gasteiger partial charge in [-0.25, -0.2) is 0 Å². The van der Waals surface area contributed by atoms with Gasteiger partial charge in [0.1, 0.15) is 12.1 Å². The fourth-order valence-corrected chi connectivity index (χ4v) is 2.53. The number of amides is 2. The lowest BCUT2D eigenvalue weighted by Gasteiger charge is -2.38. The highest BCUT2D eigenvalue weighted by molar-refractivity contribution is 5.97. The van der Waals surface area contributed by atoms with Gasteiger partial charge in [-0.1, -0.05) is 37.3 Å². The molecule has 2 rings (SSSR count). The molecule has 108 valence electrons. The molecule has 20 heavy (non-hydrogen) atoms. The van der Waals surface area contributed by atoms with Gasteiger partial charge in [0.15, 0.2) is 0 Å². The number of carbonyl (C=O) groups excluding carboxylic acids is 2. The molecule has 0 aliphatic carbocycles. The largest absolute Gasteiger partial charge is 0.339 e. The van der Waals surface area contributed by atoms with E-state index in [9.17, 15) is 14.0 Å². The SMILES string of the molecule is CCC1C(=O)NC(c2ccccc2)C(=O)N1CCCF. The summed E-state index contributed by atoms with van der Waals surface area (Å²) < 4.78 is 12.4. The summed E-state index contributed by atoms with van der Waals surface area (Å²) in [5.74, 6) is -0.323. The molecule has 4 nitrogen and oxygen atoms in total. The van der Waals surface area contributed by atoms with Gasteiger partial charge in [-0.2, -0.15) is 0 Å². The van der Waals surface area contributed by atoms with Crippen LogP contribution in [-0.4, -0.2) is 36.0 Å². The van der Waals surface area contributed by atoms with E-state index in [1.54, 1.807) is 0 Å². The average molecular weight is 278 g/mol. The van der Waals surface area contributed by atoms with Gasteiger partial charge in [-0.05, 0) is 18.4 Å². The number of alkyl halides is 1. The van der Waals surface area contributed by atoms with Crippen LogP contribution in [0.3, 0.4) is 0 Å². The summed E-state index contributed by atoms with van der Waals surface area (Å²) >= 11 is 0. The molecule has 1 aromatic carbocycles. The highest BCUT2D eigenvalue weighted by Gasteiger charge is 2.39. The van der Waals surface area contributed by atoms with E-state index < -0.39 is 18.8 Å². The van der Waals surface area contributed by atoms with Crippen molar-refractivity contribution >= 4 is 11.8 Å². The topological polar surface area (TPSA) is 49.4 Å². The van der Waals surface area contributed by atoms with Crippen LogP contribution in [-0.2, 0) is 9.59 Å². The van der Waals surface area contributed by atoms with Crippen molar-refractivity contribution in [1.82, 2.24) is 10.2 Å². The standard InChI is InChI=1S/C15H19FN2O2/c1-2-12-14(19)17-13(11-7-4-3-5-8-11)15(20)18(12)10-6-9-16/h3-5,7-8,12-13H,2,6,9-10H2,1H3,(H,17,19). The van der Waals surface area contributed by atoms with Crippen molar-refractivity contribution in [3.63, 3.8) is 0 Å². The Kier molecular flexibility index (Phi) is 4.71. The van der Waals surface area contributed by atoms with Crippen molar-refractivity contribution < 1.29 is 14.0 Å². The van der Waals surface area contributed by atoms with Gasteiger partial charge in [-0.3, -0.25) is 14.0 Å². The van der Waals surface area contributed by atoms with Crippen LogP contribution in [0.5, 0.6) is 0 Å². The Balaban J connectivity index is 2.24. The molecule has 2 unspecified atom stereocenters. The molecule has 1 heterocycles. The molecule has 0 spiro atoms. The lowest BCUT2D eigenvalue weighted by Crippen LogP contribution is -2.59. The predicted molar refractivity (Wildman–Crippen MR) is 73.7 cm³/mol. The Morgan fingerprint density at radius 1 is 1.25 bits per heavy atom. The fourth-order valence-electron chi connectivity index (χ4n) is 2.53. The van der Waals surface area contributed by atoms with Crippen LogP contribution in [0.2, 0.25) is 0 Å². The monoisotopic (exact) mass is 278 g/mol. The third-order valence-corrected chi connectivity index (χ3v) is 3.55. The molecule has 1 aliphatic heterocycles. The zero-order valence-electron chi connectivity index (χ0n) is 11.5. The zero-order valence-corrected chi connectivity index (χ0v) is 11.5. The second kappa shape index (κ2) is 6.50. The summed E-state index contributed by atoms with van der Waals surface area (Å²) in [6.07, 6.45) is 0.794. The second-order valence-electron chi connectivity index (χ2n) is 4.85. The van der Waals surface area contributed by atoms with Gasteiger partial charge in [-0.15, -0.1) is 0 Å². The van der Waals surface area contributed by atoms with Gasteiger partial charge in [0.2, 0.25) is 11.8 Å². The molecule has 1 aliphatic rings. The number of hydrogen-bond acceptors (Lipinski definition) is 2. The van der Waals surface area contributed by atoms with Gasteiger partial charge in [0, 0.05) is 6.54 Å². The Labute approximate surface area is 118 Å². The molecule has 1 N–H and O–H groups in total. The predicted octanol–water partition coefficient (Wildman–Crippen LogP) is 1.82. The highest BCUT2D eigenvalue weighted by Crippen LogP contribution is 2.23. The number of nitrogens with one attached hydrogen (secondary N) is 1. The summed E-state index contributed by atoms with van der Waals surface area (Å²) in [6, 6.07) is 7.97. The molecule has 1 fully saturated rings. The first kappa shape index (κ1) is 14.5. The molecule has 1 saturated heterocycles. The normalized spacial score (nSPS) is 22.8. The van der Waals surface area contributed by atoms with Crippen molar-refractivity contribution in [2.24, 2.45) is 0 Å². The van der Waals surface area contributed by atoms with Gasteiger partial charge in [0.25, 0.3) is 0 Å². The number of benzene rings is 1. The minimum atomic E-state index is -0.661. The molecule has 0 bridgehead atoms. The first-order valence-corrected chi connectivity index (χ1v) is 6.90. The van der Waals surface area contributed by atoms with Crippen molar-refractivity contribution in [3.8, 4) is 0 Å². The Morgan fingerprint density at radius 2 is 1.95 bits per heavy atom. The number of nitrogens with zero attached hydrogens (tertiary/aromatic N) is 1. The first-order valence-electron chi connectivity index (χ1n) is 6.90. The highest BCUT2D eigenvalue weighted by atomic mass is 19.1. The van der Waals surface area contributed by atoms with Crippen molar-refractivity contribution in [3.05, 3.63) is 35.9 Å². The van der Waals surface area contributed by atoms with Crippen molar-refractivity contribution in [2.45, 2.75) is 31.8 Å². The summed E-state index contributed by atoms with van der Waals surface area (Å²) in [4.78, 5) is 26.2. The molecular formula is C15H19FN2O2. The van der Waals surface area contributed by atoms with Crippen molar-refractivity contribution in [2.75, 3.05) is 13.2 Å². The smallest absolute Gasteiger partial charge is 0.250 e. The van der Waals surface area contributed by atoms with Gasteiger partial charge in [0.05, 0.1) is 6.67 Å². The number of hydrogen-bond donors (Lipinski definition) is 1. The number of piperazine rings is 1. The van der Waals surface area contributed by atoms with Crippen LogP contribution in [0, 0.1) is 0 Å². The maximum Gasteiger partial charge on any atom is 0.250 e. The molecule has 0 radical (unpaired) electrons. The molecule has 0 saturated carbocycles. The third-order valence-electron chi connectivity index (χ3n) is 3.55. The lowest BCUT2D eigenvalue weighted by atomic mass is 9.99. The van der Waals surface area contributed by atoms with Crippen LogP contribution in [0.15, 0.2) is 30.3 Å². The van der Waals surface area contributed by atoms with Gasteiger partial charge < -0.3 is 10.2 Å². The quantitative estimate of drug-likeness (QED) is 0.893. The number of halogens is 1. The first-order chi connectivity index (χ1) is 9.69. The van der Waals surface area contributed by atoms with E-state index in [0.29, 0.717) is 6.42 Å². The summed E-state index contributed by atoms with van der Waals surface area (Å²) in [5.41, 5.74) is 0.755. The minimum Gasteiger partial charge on any atom is -0.339 e. The fraction of sp³-hybridized carbons (Fsp3) is 0.467. The van der Waals surface area contributed by atoms with Crippen LogP contribution in [0.25, 0.3) is 0 Å². The molecule has 1 aromatic rings. The lowest BCUT2D eigenvalue weighted by molar-refractivity contribution is -0.149. The summed E-state index contributed by atoms with van der Waals surface area (Å²) in [7, 11) is 0. The number of carbonyl (C=O) groups is 2. The van der Waals surface area contributed by atoms with Crippen molar-refractivity contribution in [1.29, 1.82) is 0 Å². The van der Waals surface area contributed by atoms with E-state index in [0.717, 1.165) is 5.56 Å². The van der Waals surface area contributed by atoms with E-state index in [4.69, 9.17) is 0 Å². The Morgan fingerprint density at radius 3 is 2.55 bits per heavy atom. The van der Waals surface area contributed by atoms with Crippen LogP contribution in [0.1, 0.15) is 31.4 Å². The minimum absolute atomic E-state index is 0.156. The van der Waals surface area contributed by atoms with Crippen LogP contribution < -0.4 is 5.32 Å². The maximum absolute atomic E-state index is 12.5. The van der Waals surface area contributed by atoms with Crippen LogP contribution >= 0.6 is 0 Å². The van der Waals surface area contributed by atoms with E-state index in [2.05, 4.69) is 5.32 Å². The molecule has 0 aromatic heterocycles. The molecular weight excluding hydrogens is 259 g/mol. The Hall–Kier alpha value is -1.91. The molecule has 2 amide bonds. The van der Waals surface area contributed by atoms with E-state index in [1.165, 1.54) is 4.90 Å². The summed E-state index contributed by atoms with van der Waals surface area (Å²) in [6.45, 7) is 1.64. The van der Waals surface area contributed by atoms with Crippen LogP contribution in [0.4, 0.5) is 4.39 Å². The summed E-state index contributed by atoms with van der Waals surface area (Å²) in [5, 5.41) is 2.77. The van der Waals surface area contributed by atoms with E-state index >= 15 is 0 Å². The molecule has 2 atom stereocenters. The third kappa shape index (κ3) is 2.81. The van der Waals surface area contributed by atoms with E-state index in [1.807, 2.05) is 37.3 Å². The maximum atomic E-state index is 12.5. The van der Waals surface area contributed by atoms with E-state index in [-0.39, 0.29) is 24.8 Å². The second-order valence-corrected chi connectivity index (χ2v) is 4.85. The average Bonchev–Trinajstić information content (AvgIpc) is 2.48. The zero-order chi connectivity index (χ0) is 14.5. The Bertz CT molecular complexity index is 478.